The Kier molecular flexibility index (Phi) is 9.72. The molecule has 0 saturated carbocycles. The molecule has 8 nitrogen and oxygen atoms in total. The highest BCUT2D eigenvalue weighted by atomic mass is 32.2. The van der Waals surface area contributed by atoms with Gasteiger partial charge in [0.25, 0.3) is 0 Å². The number of anilines is 1. The van der Waals surface area contributed by atoms with Crippen LogP contribution >= 0.6 is 0 Å². The Morgan fingerprint density at radius 2 is 1.67 bits per heavy atom. The lowest BCUT2D eigenvalue weighted by molar-refractivity contribution is -0.138. The number of benzene rings is 2. The van der Waals surface area contributed by atoms with Gasteiger partial charge >= 0.3 is 0 Å². The third-order valence-electron chi connectivity index (χ3n) is 5.12. The zero-order valence-corrected chi connectivity index (χ0v) is 20.5. The fourth-order valence-electron chi connectivity index (χ4n) is 3.38. The van der Waals surface area contributed by atoms with Crippen molar-refractivity contribution < 1.29 is 22.7 Å². The molecule has 1 atom stereocenters. The Morgan fingerprint density at radius 1 is 1.03 bits per heavy atom. The van der Waals surface area contributed by atoms with Gasteiger partial charge < -0.3 is 15.0 Å². The van der Waals surface area contributed by atoms with Crippen LogP contribution in [0.2, 0.25) is 0 Å². The van der Waals surface area contributed by atoms with Gasteiger partial charge in [-0.1, -0.05) is 30.3 Å². The molecule has 180 valence electrons. The summed E-state index contributed by atoms with van der Waals surface area (Å²) in [6, 6.07) is 15.4. The molecule has 9 heteroatoms. The van der Waals surface area contributed by atoms with Crippen LogP contribution in [-0.4, -0.2) is 63.7 Å². The number of hydrogen-bond acceptors (Lipinski definition) is 5. The quantitative estimate of drug-likeness (QED) is 0.509. The summed E-state index contributed by atoms with van der Waals surface area (Å²) >= 11 is 0. The van der Waals surface area contributed by atoms with Gasteiger partial charge in [-0.15, -0.1) is 0 Å². The van der Waals surface area contributed by atoms with E-state index in [0.29, 0.717) is 31.0 Å². The molecule has 0 bridgehead atoms. The van der Waals surface area contributed by atoms with Gasteiger partial charge in [-0.25, -0.2) is 8.42 Å². The number of rotatable bonds is 12. The lowest BCUT2D eigenvalue weighted by Gasteiger charge is -2.31. The van der Waals surface area contributed by atoms with Crippen LogP contribution in [0.3, 0.4) is 0 Å². The molecule has 0 aliphatic heterocycles. The van der Waals surface area contributed by atoms with E-state index in [1.54, 1.807) is 38.1 Å². The molecular weight excluding hydrogens is 442 g/mol. The van der Waals surface area contributed by atoms with E-state index >= 15 is 0 Å². The highest BCUT2D eigenvalue weighted by Crippen LogP contribution is 2.22. The Balaban J connectivity index is 2.27. The van der Waals surface area contributed by atoms with E-state index in [1.165, 1.54) is 4.90 Å². The van der Waals surface area contributed by atoms with Crippen LogP contribution < -0.4 is 14.4 Å². The molecule has 2 aromatic rings. The number of nitrogens with one attached hydrogen (secondary N) is 1. The highest BCUT2D eigenvalue weighted by molar-refractivity contribution is 7.92. The first-order chi connectivity index (χ1) is 15.7. The molecule has 0 fully saturated rings. The van der Waals surface area contributed by atoms with Crippen LogP contribution in [0.25, 0.3) is 0 Å². The standard InChI is InChI=1S/C24H33N3O5S/c1-5-25-24(29)19(3)26(17-16-20-10-8-7-9-11-20)23(28)18-27(33(4,30)31)21-12-14-22(15-13-21)32-6-2/h7-15,19H,5-6,16-18H2,1-4H3,(H,25,29). The van der Waals surface area contributed by atoms with Gasteiger partial charge in [0.15, 0.2) is 0 Å². The van der Waals surface area contributed by atoms with Crippen molar-refractivity contribution in [3.8, 4) is 5.75 Å². The molecule has 1 unspecified atom stereocenters. The van der Waals surface area contributed by atoms with Gasteiger partial charge in [-0.3, -0.25) is 13.9 Å². The summed E-state index contributed by atoms with van der Waals surface area (Å²) < 4.78 is 31.5. The minimum absolute atomic E-state index is 0.280. The minimum Gasteiger partial charge on any atom is -0.494 e. The normalized spacial score (nSPS) is 12.0. The summed E-state index contributed by atoms with van der Waals surface area (Å²) in [4.78, 5) is 27.3. The number of nitrogens with zero attached hydrogens (tertiary/aromatic N) is 2. The van der Waals surface area contributed by atoms with Crippen LogP contribution in [0.1, 0.15) is 26.3 Å². The zero-order chi connectivity index (χ0) is 24.4. The molecule has 0 saturated heterocycles. The molecule has 0 spiro atoms. The fourth-order valence-corrected chi connectivity index (χ4v) is 4.23. The maximum Gasteiger partial charge on any atom is 0.244 e. The predicted octanol–water partition coefficient (Wildman–Crippen LogP) is 2.45. The molecule has 2 rings (SSSR count). The average Bonchev–Trinajstić information content (AvgIpc) is 2.78. The molecule has 0 heterocycles. The van der Waals surface area contributed by atoms with E-state index in [0.717, 1.165) is 16.1 Å². The van der Waals surface area contributed by atoms with Gasteiger partial charge in [0.1, 0.15) is 18.3 Å². The van der Waals surface area contributed by atoms with Crippen molar-refractivity contribution in [2.24, 2.45) is 0 Å². The van der Waals surface area contributed by atoms with Gasteiger partial charge in [-0.05, 0) is 57.0 Å². The number of amides is 2. The molecular formula is C24H33N3O5S. The monoisotopic (exact) mass is 475 g/mol. The largest absolute Gasteiger partial charge is 0.494 e. The van der Waals surface area contributed by atoms with Crippen LogP contribution in [0.5, 0.6) is 5.75 Å². The van der Waals surface area contributed by atoms with Gasteiger partial charge in [0.05, 0.1) is 18.6 Å². The maximum absolute atomic E-state index is 13.3. The summed E-state index contributed by atoms with van der Waals surface area (Å²) in [5.74, 6) is -0.134. The number of carbonyl (C=O) groups is 2. The smallest absolute Gasteiger partial charge is 0.244 e. The Hall–Kier alpha value is -3.07. The Bertz CT molecular complexity index is 1010. The van der Waals surface area contributed by atoms with E-state index in [4.69, 9.17) is 4.74 Å². The van der Waals surface area contributed by atoms with Crippen molar-refractivity contribution in [3.05, 3.63) is 60.2 Å². The number of carbonyl (C=O) groups excluding carboxylic acids is 2. The summed E-state index contributed by atoms with van der Waals surface area (Å²) in [5.41, 5.74) is 1.37. The molecule has 0 aliphatic carbocycles. The van der Waals surface area contributed by atoms with Crippen LogP contribution in [-0.2, 0) is 26.0 Å². The van der Waals surface area contributed by atoms with Crippen LogP contribution in [0.4, 0.5) is 5.69 Å². The molecule has 2 aromatic carbocycles. The molecule has 33 heavy (non-hydrogen) atoms. The molecule has 0 aromatic heterocycles. The average molecular weight is 476 g/mol. The Morgan fingerprint density at radius 3 is 2.21 bits per heavy atom. The second-order valence-corrected chi connectivity index (χ2v) is 9.50. The first kappa shape index (κ1) is 26.2. The second-order valence-electron chi connectivity index (χ2n) is 7.59. The SMILES string of the molecule is CCNC(=O)C(C)N(CCc1ccccc1)C(=O)CN(c1ccc(OCC)cc1)S(C)(=O)=O. The van der Waals surface area contributed by atoms with Crippen LogP contribution in [0.15, 0.2) is 54.6 Å². The van der Waals surface area contributed by atoms with E-state index in [1.807, 2.05) is 37.3 Å². The zero-order valence-electron chi connectivity index (χ0n) is 19.7. The summed E-state index contributed by atoms with van der Waals surface area (Å²) in [7, 11) is -3.75. The number of sulfonamides is 1. The van der Waals surface area contributed by atoms with Crippen molar-refractivity contribution in [1.29, 1.82) is 0 Å². The third kappa shape index (κ3) is 7.78. The van der Waals surface area contributed by atoms with E-state index in [-0.39, 0.29) is 12.5 Å². The Labute approximate surface area is 196 Å². The first-order valence-corrected chi connectivity index (χ1v) is 12.8. The minimum atomic E-state index is -3.75. The summed E-state index contributed by atoms with van der Waals surface area (Å²) in [6.07, 6.45) is 1.59. The van der Waals surface area contributed by atoms with Crippen molar-refractivity contribution in [3.63, 3.8) is 0 Å². The van der Waals surface area contributed by atoms with Gasteiger partial charge in [0.2, 0.25) is 21.8 Å². The predicted molar refractivity (Wildman–Crippen MR) is 130 cm³/mol. The van der Waals surface area contributed by atoms with Crippen LogP contribution in [0, 0.1) is 0 Å². The summed E-state index contributed by atoms with van der Waals surface area (Å²) in [5, 5.41) is 2.73. The molecule has 1 N–H and O–H groups in total. The number of likely N-dealkylation sites (N-methyl/N-ethyl adjacent to an activating group) is 1. The lowest BCUT2D eigenvalue weighted by atomic mass is 10.1. The molecule has 0 aliphatic rings. The van der Waals surface area contributed by atoms with E-state index in [2.05, 4.69) is 5.32 Å². The van der Waals surface area contributed by atoms with Crippen molar-refractivity contribution in [2.45, 2.75) is 33.2 Å². The second kappa shape index (κ2) is 12.2. The fraction of sp³-hybridized carbons (Fsp3) is 0.417. The highest BCUT2D eigenvalue weighted by Gasteiger charge is 2.29. The number of ether oxygens (including phenoxy) is 1. The topological polar surface area (TPSA) is 96.0 Å². The maximum atomic E-state index is 13.3. The van der Waals surface area contributed by atoms with Crippen molar-refractivity contribution >= 4 is 27.5 Å². The first-order valence-electron chi connectivity index (χ1n) is 11.0. The third-order valence-corrected chi connectivity index (χ3v) is 6.26. The van der Waals surface area contributed by atoms with Crippen molar-refractivity contribution in [2.75, 3.05) is 36.8 Å². The lowest BCUT2D eigenvalue weighted by Crippen LogP contribution is -2.52. The van der Waals surface area contributed by atoms with E-state index < -0.39 is 28.5 Å². The molecule has 0 radical (unpaired) electrons. The van der Waals surface area contributed by atoms with E-state index in [9.17, 15) is 18.0 Å². The number of hydrogen-bond donors (Lipinski definition) is 1. The van der Waals surface area contributed by atoms with Gasteiger partial charge in [0, 0.05) is 13.1 Å². The summed E-state index contributed by atoms with van der Waals surface area (Å²) in [6.45, 7) is 6.10. The van der Waals surface area contributed by atoms with Gasteiger partial charge in [-0.2, -0.15) is 0 Å². The molecule has 2 amide bonds. The van der Waals surface area contributed by atoms with Crippen molar-refractivity contribution in [1.82, 2.24) is 10.2 Å².